The summed E-state index contributed by atoms with van der Waals surface area (Å²) in [6, 6.07) is 5.82. The molecule has 4 atom stereocenters. The van der Waals surface area contributed by atoms with Crippen LogP contribution in [0.1, 0.15) is 62.7 Å². The van der Waals surface area contributed by atoms with Crippen LogP contribution in [-0.4, -0.2) is 89.6 Å². The Labute approximate surface area is 214 Å². The minimum Gasteiger partial charge on any atom is -0.389 e. The van der Waals surface area contributed by atoms with Crippen LogP contribution in [0, 0.1) is 5.92 Å². The van der Waals surface area contributed by atoms with Crippen LogP contribution >= 0.6 is 0 Å². The summed E-state index contributed by atoms with van der Waals surface area (Å²) in [5, 5.41) is 13.9. The van der Waals surface area contributed by atoms with Crippen molar-refractivity contribution in [2.75, 3.05) is 32.1 Å². The van der Waals surface area contributed by atoms with E-state index in [2.05, 4.69) is 5.32 Å². The van der Waals surface area contributed by atoms with Crippen molar-refractivity contribution in [1.82, 2.24) is 15.1 Å². The van der Waals surface area contributed by atoms with Crippen molar-refractivity contribution in [2.24, 2.45) is 11.7 Å². The van der Waals surface area contributed by atoms with Gasteiger partial charge >= 0.3 is 0 Å². The number of benzene rings is 1. The van der Waals surface area contributed by atoms with Gasteiger partial charge in [0.25, 0.3) is 5.91 Å². The number of nitrogens with zero attached hydrogens (tertiary/aromatic N) is 3. The molecule has 4 N–H and O–H groups in total. The number of fused-ring (bicyclic) bond motifs is 1. The Kier molecular flexibility index (Phi) is 7.61. The first-order valence-corrected chi connectivity index (χ1v) is 13.2. The van der Waals surface area contributed by atoms with Crippen LogP contribution in [-0.2, 0) is 9.59 Å². The topological polar surface area (TPSA) is 119 Å². The number of hydrogen-bond donors (Lipinski definition) is 3. The summed E-state index contributed by atoms with van der Waals surface area (Å²) in [5.41, 5.74) is 7.05. The number of aliphatic hydroxyl groups is 1. The van der Waals surface area contributed by atoms with Gasteiger partial charge in [0.05, 0.1) is 23.7 Å². The van der Waals surface area contributed by atoms with Gasteiger partial charge in [-0.05, 0) is 55.9 Å². The number of β-amino-alcohol motifs (C(OH)–C–C–N with tert-alkyl or cyclic N) is 1. The third-order valence-electron chi connectivity index (χ3n) is 8.02. The van der Waals surface area contributed by atoms with Crippen molar-refractivity contribution in [3.8, 4) is 0 Å². The van der Waals surface area contributed by atoms with Crippen LogP contribution < -0.4 is 16.0 Å². The molecule has 36 heavy (non-hydrogen) atoms. The first-order valence-electron chi connectivity index (χ1n) is 13.2. The summed E-state index contributed by atoms with van der Waals surface area (Å²) in [7, 11) is 3.87. The molecule has 1 aromatic carbocycles. The van der Waals surface area contributed by atoms with Gasteiger partial charge < -0.3 is 30.9 Å². The summed E-state index contributed by atoms with van der Waals surface area (Å²) < 4.78 is 0. The van der Waals surface area contributed by atoms with E-state index in [-0.39, 0.29) is 36.2 Å². The average molecular weight is 500 g/mol. The first kappa shape index (κ1) is 26.4. The van der Waals surface area contributed by atoms with Gasteiger partial charge in [0.2, 0.25) is 11.8 Å². The molecule has 3 amide bonds. The van der Waals surface area contributed by atoms with Crippen molar-refractivity contribution in [2.45, 2.75) is 82.1 Å². The quantitative estimate of drug-likeness (QED) is 0.521. The molecule has 1 saturated carbocycles. The lowest BCUT2D eigenvalue weighted by molar-refractivity contribution is -0.138. The molecule has 2 unspecified atom stereocenters. The molecule has 3 fully saturated rings. The van der Waals surface area contributed by atoms with Crippen LogP contribution in [0.25, 0.3) is 0 Å². The molecule has 2 saturated heterocycles. The number of rotatable bonds is 7. The molecule has 9 heteroatoms. The second-order valence-electron chi connectivity index (χ2n) is 11.4. The van der Waals surface area contributed by atoms with Crippen molar-refractivity contribution >= 4 is 23.4 Å². The lowest BCUT2D eigenvalue weighted by atomic mass is 9.96. The third-order valence-corrected chi connectivity index (χ3v) is 8.02. The Morgan fingerprint density at radius 3 is 2.36 bits per heavy atom. The number of carbonyl (C=O) groups is 3. The summed E-state index contributed by atoms with van der Waals surface area (Å²) in [6.07, 6.45) is 3.46. The molecule has 0 bridgehead atoms. The van der Waals surface area contributed by atoms with Crippen molar-refractivity contribution in [3.63, 3.8) is 0 Å². The predicted molar refractivity (Wildman–Crippen MR) is 138 cm³/mol. The Morgan fingerprint density at radius 2 is 1.78 bits per heavy atom. The lowest BCUT2D eigenvalue weighted by Gasteiger charge is -2.32. The molecule has 2 heterocycles. The molecule has 3 aliphatic rings. The minimum absolute atomic E-state index is 0.103. The predicted octanol–water partition coefficient (Wildman–Crippen LogP) is 1.34. The van der Waals surface area contributed by atoms with E-state index in [4.69, 9.17) is 5.73 Å². The van der Waals surface area contributed by atoms with E-state index in [9.17, 15) is 19.5 Å². The summed E-state index contributed by atoms with van der Waals surface area (Å²) in [5.74, 6) is -0.426. The van der Waals surface area contributed by atoms with Crippen LogP contribution in [0.15, 0.2) is 24.3 Å². The number of hydrogen-bond acceptors (Lipinski definition) is 6. The van der Waals surface area contributed by atoms with Gasteiger partial charge in [-0.3, -0.25) is 14.4 Å². The number of anilines is 1. The van der Waals surface area contributed by atoms with E-state index in [1.165, 1.54) is 0 Å². The molecule has 1 aromatic rings. The summed E-state index contributed by atoms with van der Waals surface area (Å²) in [4.78, 5) is 45.4. The van der Waals surface area contributed by atoms with E-state index in [0.717, 1.165) is 18.5 Å². The first-order chi connectivity index (χ1) is 17.0. The van der Waals surface area contributed by atoms with Gasteiger partial charge in [-0.2, -0.15) is 0 Å². The number of nitrogens with one attached hydrogen (secondary N) is 1. The summed E-state index contributed by atoms with van der Waals surface area (Å²) >= 11 is 0. The molecule has 0 spiro atoms. The zero-order chi connectivity index (χ0) is 26.2. The average Bonchev–Trinajstić information content (AvgIpc) is 3.55. The Balaban J connectivity index is 1.48. The highest BCUT2D eigenvalue weighted by atomic mass is 16.3. The van der Waals surface area contributed by atoms with Crippen LogP contribution in [0.4, 0.5) is 5.69 Å². The molecule has 4 rings (SSSR count). The highest BCUT2D eigenvalue weighted by Crippen LogP contribution is 2.37. The van der Waals surface area contributed by atoms with Gasteiger partial charge in [-0.15, -0.1) is 0 Å². The van der Waals surface area contributed by atoms with E-state index in [1.807, 2.05) is 45.0 Å². The molecule has 2 aliphatic heterocycles. The van der Waals surface area contributed by atoms with Gasteiger partial charge in [0.1, 0.15) is 6.04 Å². The highest BCUT2D eigenvalue weighted by molar-refractivity contribution is 5.98. The molecule has 198 valence electrons. The second-order valence-corrected chi connectivity index (χ2v) is 11.4. The minimum atomic E-state index is -0.859. The van der Waals surface area contributed by atoms with Crippen molar-refractivity contribution in [1.29, 1.82) is 0 Å². The number of aliphatic hydroxyl groups excluding tert-OH is 1. The molecule has 0 radical (unpaired) electrons. The third kappa shape index (κ3) is 5.09. The summed E-state index contributed by atoms with van der Waals surface area (Å²) in [6.45, 7) is 4.65. The zero-order valence-corrected chi connectivity index (χ0v) is 21.9. The maximum absolute atomic E-state index is 13.7. The molecule has 9 nitrogen and oxygen atoms in total. The van der Waals surface area contributed by atoms with Crippen LogP contribution in [0.3, 0.4) is 0 Å². The fourth-order valence-corrected chi connectivity index (χ4v) is 6.09. The monoisotopic (exact) mass is 499 g/mol. The van der Waals surface area contributed by atoms with Crippen LogP contribution in [0.2, 0.25) is 0 Å². The molecular weight excluding hydrogens is 458 g/mol. The van der Waals surface area contributed by atoms with E-state index in [1.54, 1.807) is 21.9 Å². The van der Waals surface area contributed by atoms with Gasteiger partial charge in [0, 0.05) is 38.4 Å². The molecule has 1 aliphatic carbocycles. The smallest absolute Gasteiger partial charge is 0.251 e. The fraction of sp³-hybridized carbons (Fsp3) is 0.667. The van der Waals surface area contributed by atoms with Crippen LogP contribution in [0.5, 0.6) is 0 Å². The number of amides is 3. The number of likely N-dealkylation sites (tertiary alicyclic amines) is 2. The Bertz CT molecular complexity index is 973. The Morgan fingerprint density at radius 1 is 1.14 bits per heavy atom. The van der Waals surface area contributed by atoms with Crippen molar-refractivity contribution in [3.05, 3.63) is 29.8 Å². The molecular formula is C27H41N5O4. The van der Waals surface area contributed by atoms with E-state index < -0.39 is 23.7 Å². The standard InChI is InChI=1S/C27H41N5O4/c1-17(2)15-20(29-24(34)18-7-9-19(10-8-18)30(3)4)25(35)31-14-11-21-23(31)22(33)16-32(21)26(36)27(28)12-5-6-13-27/h7-10,17,20-23,33H,5-6,11-16,28H2,1-4H3,(H,29,34)/t20?,21-,22?,23+/m1/s1. The lowest BCUT2D eigenvalue weighted by Crippen LogP contribution is -2.56. The highest BCUT2D eigenvalue weighted by Gasteiger charge is 2.54. The largest absolute Gasteiger partial charge is 0.389 e. The van der Waals surface area contributed by atoms with E-state index in [0.29, 0.717) is 37.8 Å². The maximum Gasteiger partial charge on any atom is 0.251 e. The zero-order valence-electron chi connectivity index (χ0n) is 21.9. The number of carbonyl (C=O) groups excluding carboxylic acids is 3. The van der Waals surface area contributed by atoms with Gasteiger partial charge in [-0.25, -0.2) is 0 Å². The normalized spacial score (nSPS) is 25.7. The number of nitrogens with two attached hydrogens (primary N) is 1. The second kappa shape index (κ2) is 10.4. The van der Waals surface area contributed by atoms with Gasteiger partial charge in [0.15, 0.2) is 0 Å². The van der Waals surface area contributed by atoms with E-state index >= 15 is 0 Å². The Hall–Kier alpha value is -2.65. The SMILES string of the molecule is CC(C)CC(NC(=O)c1ccc(N(C)C)cc1)C(=O)N1CC[C@@H]2[C@H]1C(O)CN2C(=O)C1(N)CCCC1. The van der Waals surface area contributed by atoms with Gasteiger partial charge in [-0.1, -0.05) is 26.7 Å². The fourth-order valence-electron chi connectivity index (χ4n) is 6.09. The van der Waals surface area contributed by atoms with Crippen molar-refractivity contribution < 1.29 is 19.5 Å². The molecule has 0 aromatic heterocycles. The maximum atomic E-state index is 13.7.